The minimum Gasteiger partial charge on any atom is -0.398 e. The van der Waals surface area contributed by atoms with Crippen LogP contribution in [0.1, 0.15) is 17.4 Å². The molecule has 20 heavy (non-hydrogen) atoms. The number of nitrogen functional groups attached to an aromatic ring is 1. The molecular weight excluding hydrogens is 256 g/mol. The van der Waals surface area contributed by atoms with Crippen LogP contribution in [0, 0.1) is 0 Å². The Morgan fingerprint density at radius 2 is 2.00 bits per heavy atom. The van der Waals surface area contributed by atoms with Crippen LogP contribution in [0.4, 0.5) is 5.69 Å². The van der Waals surface area contributed by atoms with E-state index in [4.69, 9.17) is 5.73 Å². The van der Waals surface area contributed by atoms with Crippen molar-refractivity contribution in [3.63, 3.8) is 0 Å². The molecule has 2 aromatic rings. The van der Waals surface area contributed by atoms with E-state index in [0.29, 0.717) is 11.2 Å². The number of fused-ring (bicyclic) bond motifs is 1. The molecule has 0 bridgehead atoms. The predicted molar refractivity (Wildman–Crippen MR) is 77.2 cm³/mol. The van der Waals surface area contributed by atoms with Crippen LogP contribution in [0.25, 0.3) is 10.9 Å². The number of likely N-dealkylation sites (N-methyl/N-ethyl adjacent to an activating group) is 1. The number of rotatable bonds is 3. The van der Waals surface area contributed by atoms with Crippen molar-refractivity contribution in [1.82, 2.24) is 15.6 Å². The second kappa shape index (κ2) is 5.56. The van der Waals surface area contributed by atoms with E-state index in [-0.39, 0.29) is 11.6 Å². The fraction of sp³-hybridized carbons (Fsp3) is 0.214. The van der Waals surface area contributed by atoms with Crippen molar-refractivity contribution in [3.05, 3.63) is 36.0 Å². The Morgan fingerprint density at radius 3 is 2.70 bits per heavy atom. The van der Waals surface area contributed by atoms with E-state index in [1.807, 2.05) is 18.2 Å². The molecule has 1 heterocycles. The number of hydrogen-bond acceptors (Lipinski definition) is 4. The monoisotopic (exact) mass is 272 g/mol. The largest absolute Gasteiger partial charge is 0.398 e. The Morgan fingerprint density at radius 1 is 1.30 bits per heavy atom. The quantitative estimate of drug-likeness (QED) is 0.765. The maximum Gasteiger partial charge on any atom is 0.270 e. The van der Waals surface area contributed by atoms with Gasteiger partial charge in [0.25, 0.3) is 5.91 Å². The number of nitrogens with two attached hydrogens (primary N) is 1. The molecule has 2 amide bonds. The molecule has 6 heteroatoms. The van der Waals surface area contributed by atoms with E-state index >= 15 is 0 Å². The van der Waals surface area contributed by atoms with Crippen LogP contribution in [0.3, 0.4) is 0 Å². The van der Waals surface area contributed by atoms with Gasteiger partial charge in [0.2, 0.25) is 5.91 Å². The first kappa shape index (κ1) is 13.8. The average Bonchev–Trinajstić information content (AvgIpc) is 2.46. The molecule has 0 spiro atoms. The highest BCUT2D eigenvalue weighted by Gasteiger charge is 2.17. The molecule has 0 aliphatic rings. The SMILES string of the molecule is CNC(=O)C(C)NC(=O)c1cc(N)c2ccccc2n1. The number of aromatic nitrogens is 1. The van der Waals surface area contributed by atoms with Crippen molar-refractivity contribution < 1.29 is 9.59 Å². The van der Waals surface area contributed by atoms with Crippen LogP contribution < -0.4 is 16.4 Å². The zero-order chi connectivity index (χ0) is 14.7. The first-order chi connectivity index (χ1) is 9.52. The zero-order valence-electron chi connectivity index (χ0n) is 11.3. The van der Waals surface area contributed by atoms with E-state index in [1.54, 1.807) is 13.0 Å². The normalized spacial score (nSPS) is 11.9. The molecule has 0 fully saturated rings. The van der Waals surface area contributed by atoms with Crippen LogP contribution in [-0.4, -0.2) is 29.9 Å². The van der Waals surface area contributed by atoms with Crippen molar-refractivity contribution >= 4 is 28.4 Å². The number of pyridine rings is 1. The lowest BCUT2D eigenvalue weighted by molar-refractivity contribution is -0.122. The third kappa shape index (κ3) is 2.69. The lowest BCUT2D eigenvalue weighted by atomic mass is 10.1. The zero-order valence-corrected chi connectivity index (χ0v) is 11.3. The Bertz CT molecular complexity index is 669. The summed E-state index contributed by atoms with van der Waals surface area (Å²) in [6.45, 7) is 1.60. The first-order valence-electron chi connectivity index (χ1n) is 6.20. The van der Waals surface area contributed by atoms with Gasteiger partial charge in [0.05, 0.1) is 5.52 Å². The van der Waals surface area contributed by atoms with Gasteiger partial charge in [-0.25, -0.2) is 4.98 Å². The smallest absolute Gasteiger partial charge is 0.270 e. The average molecular weight is 272 g/mol. The van der Waals surface area contributed by atoms with E-state index in [2.05, 4.69) is 15.6 Å². The number of carbonyl (C=O) groups is 2. The predicted octanol–water partition coefficient (Wildman–Crippen LogP) is 0.681. The number of para-hydroxylation sites is 1. The Hall–Kier alpha value is -2.63. The summed E-state index contributed by atoms with van der Waals surface area (Å²) >= 11 is 0. The molecule has 1 aromatic carbocycles. The van der Waals surface area contributed by atoms with Crippen LogP contribution in [0.5, 0.6) is 0 Å². The third-order valence-corrected chi connectivity index (χ3v) is 2.97. The molecular formula is C14H16N4O2. The van der Waals surface area contributed by atoms with Crippen molar-refractivity contribution in [2.24, 2.45) is 0 Å². The summed E-state index contributed by atoms with van der Waals surface area (Å²) in [5.41, 5.74) is 7.23. The van der Waals surface area contributed by atoms with Crippen molar-refractivity contribution in [1.29, 1.82) is 0 Å². The minimum atomic E-state index is -0.637. The molecule has 0 radical (unpaired) electrons. The van der Waals surface area contributed by atoms with E-state index < -0.39 is 11.9 Å². The molecule has 104 valence electrons. The van der Waals surface area contributed by atoms with Gasteiger partial charge in [-0.05, 0) is 19.1 Å². The molecule has 0 saturated heterocycles. The maximum absolute atomic E-state index is 12.1. The number of anilines is 1. The summed E-state index contributed by atoms with van der Waals surface area (Å²) in [6, 6.07) is 8.17. The third-order valence-electron chi connectivity index (χ3n) is 2.97. The minimum absolute atomic E-state index is 0.192. The Balaban J connectivity index is 2.29. The molecule has 1 atom stereocenters. The molecule has 2 rings (SSSR count). The highest BCUT2D eigenvalue weighted by Crippen LogP contribution is 2.19. The summed E-state index contributed by atoms with van der Waals surface area (Å²) in [5, 5.41) is 5.83. The second-order valence-corrected chi connectivity index (χ2v) is 4.42. The summed E-state index contributed by atoms with van der Waals surface area (Å²) in [4.78, 5) is 27.7. The highest BCUT2D eigenvalue weighted by molar-refractivity contribution is 6.00. The number of nitrogens with zero attached hydrogens (tertiary/aromatic N) is 1. The van der Waals surface area contributed by atoms with Gasteiger partial charge in [-0.2, -0.15) is 0 Å². The van der Waals surface area contributed by atoms with Crippen LogP contribution in [0.2, 0.25) is 0 Å². The van der Waals surface area contributed by atoms with Crippen molar-refractivity contribution in [2.75, 3.05) is 12.8 Å². The standard InChI is InChI=1S/C14H16N4O2/c1-8(13(19)16-2)17-14(20)12-7-10(15)9-5-3-4-6-11(9)18-12/h3-8H,1-2H3,(H2,15,18)(H,16,19)(H,17,20). The maximum atomic E-state index is 12.1. The number of amides is 2. The highest BCUT2D eigenvalue weighted by atomic mass is 16.2. The van der Waals surface area contributed by atoms with Gasteiger partial charge >= 0.3 is 0 Å². The van der Waals surface area contributed by atoms with Gasteiger partial charge in [-0.3, -0.25) is 9.59 Å². The van der Waals surface area contributed by atoms with E-state index in [0.717, 1.165) is 5.39 Å². The number of hydrogen-bond donors (Lipinski definition) is 3. The van der Waals surface area contributed by atoms with E-state index in [1.165, 1.54) is 13.1 Å². The van der Waals surface area contributed by atoms with Gasteiger partial charge < -0.3 is 16.4 Å². The lowest BCUT2D eigenvalue weighted by Crippen LogP contribution is -2.43. The van der Waals surface area contributed by atoms with Gasteiger partial charge in [0, 0.05) is 18.1 Å². The van der Waals surface area contributed by atoms with Crippen LogP contribution >= 0.6 is 0 Å². The Kier molecular flexibility index (Phi) is 3.84. The van der Waals surface area contributed by atoms with Crippen LogP contribution in [-0.2, 0) is 4.79 Å². The fourth-order valence-corrected chi connectivity index (χ4v) is 1.87. The van der Waals surface area contributed by atoms with Crippen molar-refractivity contribution in [3.8, 4) is 0 Å². The van der Waals surface area contributed by atoms with Gasteiger partial charge in [-0.15, -0.1) is 0 Å². The van der Waals surface area contributed by atoms with Gasteiger partial charge in [0.1, 0.15) is 11.7 Å². The van der Waals surface area contributed by atoms with Crippen LogP contribution in [0.15, 0.2) is 30.3 Å². The summed E-state index contributed by atoms with van der Waals surface area (Å²) in [7, 11) is 1.51. The van der Waals surface area contributed by atoms with Gasteiger partial charge in [-0.1, -0.05) is 18.2 Å². The Labute approximate surface area is 116 Å². The number of nitrogens with one attached hydrogen (secondary N) is 2. The summed E-state index contributed by atoms with van der Waals surface area (Å²) in [6.07, 6.45) is 0. The molecule has 0 saturated carbocycles. The fourth-order valence-electron chi connectivity index (χ4n) is 1.87. The topological polar surface area (TPSA) is 97.1 Å². The van der Waals surface area contributed by atoms with E-state index in [9.17, 15) is 9.59 Å². The van der Waals surface area contributed by atoms with Crippen molar-refractivity contribution in [2.45, 2.75) is 13.0 Å². The molecule has 1 unspecified atom stereocenters. The molecule has 0 aliphatic carbocycles. The summed E-state index contributed by atoms with van der Waals surface area (Å²) in [5.74, 6) is -0.703. The number of carbonyl (C=O) groups excluding carboxylic acids is 2. The van der Waals surface area contributed by atoms with Gasteiger partial charge in [0.15, 0.2) is 0 Å². The molecule has 4 N–H and O–H groups in total. The molecule has 0 aliphatic heterocycles. The lowest BCUT2D eigenvalue weighted by Gasteiger charge is -2.12. The molecule has 6 nitrogen and oxygen atoms in total. The molecule has 1 aromatic heterocycles. The first-order valence-corrected chi connectivity index (χ1v) is 6.20. The second-order valence-electron chi connectivity index (χ2n) is 4.42. The summed E-state index contributed by atoms with van der Waals surface area (Å²) < 4.78 is 0. The number of benzene rings is 1.